The second-order valence-corrected chi connectivity index (χ2v) is 3.41. The molecule has 1 amide bonds. The molecule has 0 atom stereocenters. The van der Waals surface area contributed by atoms with Gasteiger partial charge in [-0.25, -0.2) is 0 Å². The Kier molecular flexibility index (Phi) is 5.66. The topological polar surface area (TPSA) is 84.9 Å². The van der Waals surface area contributed by atoms with E-state index >= 15 is 0 Å². The first-order valence-electron chi connectivity index (χ1n) is 5.36. The molecule has 0 saturated heterocycles. The summed E-state index contributed by atoms with van der Waals surface area (Å²) in [5, 5.41) is 10.8. The Morgan fingerprint density at radius 3 is 2.67 bits per heavy atom. The number of ether oxygens (including phenoxy) is 2. The quantitative estimate of drug-likeness (QED) is 0.692. The van der Waals surface area contributed by atoms with Crippen molar-refractivity contribution in [2.75, 3.05) is 26.9 Å². The van der Waals surface area contributed by atoms with E-state index in [1.165, 1.54) is 0 Å². The molecule has 1 rings (SSSR count). The lowest BCUT2D eigenvalue weighted by Crippen LogP contribution is -2.29. The summed E-state index contributed by atoms with van der Waals surface area (Å²) >= 11 is 0. The fourth-order valence-corrected chi connectivity index (χ4v) is 1.27. The van der Waals surface area contributed by atoms with E-state index in [1.54, 1.807) is 31.4 Å². The Morgan fingerprint density at radius 1 is 1.28 bits per heavy atom. The maximum Gasteiger partial charge on any atom is 0.322 e. The van der Waals surface area contributed by atoms with E-state index in [0.717, 1.165) is 0 Å². The summed E-state index contributed by atoms with van der Waals surface area (Å²) in [4.78, 5) is 22.1. The highest BCUT2D eigenvalue weighted by Crippen LogP contribution is 2.17. The number of carboxylic acids is 1. The highest BCUT2D eigenvalue weighted by atomic mass is 16.5. The minimum Gasteiger partial charge on any atom is -0.490 e. The molecule has 0 aliphatic rings. The third kappa shape index (κ3) is 4.42. The zero-order valence-electron chi connectivity index (χ0n) is 10.0. The molecule has 98 valence electrons. The molecule has 0 saturated carbocycles. The molecule has 0 aliphatic heterocycles. The molecule has 0 aromatic heterocycles. The average Bonchev–Trinajstić information content (AvgIpc) is 2.37. The molecule has 1 aromatic carbocycles. The van der Waals surface area contributed by atoms with E-state index in [-0.39, 0.29) is 0 Å². The summed E-state index contributed by atoms with van der Waals surface area (Å²) in [5.41, 5.74) is 0.301. The molecular weight excluding hydrogens is 238 g/mol. The van der Waals surface area contributed by atoms with Gasteiger partial charge in [-0.15, -0.1) is 0 Å². The van der Waals surface area contributed by atoms with Gasteiger partial charge in [0.05, 0.1) is 12.2 Å². The molecule has 6 nitrogen and oxygen atoms in total. The number of carbonyl (C=O) groups excluding carboxylic acids is 1. The van der Waals surface area contributed by atoms with Crippen molar-refractivity contribution in [3.63, 3.8) is 0 Å². The zero-order valence-corrected chi connectivity index (χ0v) is 10.0. The van der Waals surface area contributed by atoms with E-state index in [9.17, 15) is 9.59 Å². The lowest BCUT2D eigenvalue weighted by atomic mass is 10.2. The van der Waals surface area contributed by atoms with E-state index in [1.807, 2.05) is 0 Å². The summed E-state index contributed by atoms with van der Waals surface area (Å²) in [6.45, 7) is 0.302. The predicted molar refractivity (Wildman–Crippen MR) is 63.8 cm³/mol. The number of methoxy groups -OCH3 is 1. The molecule has 0 bridgehead atoms. The SMILES string of the molecule is COCCOc1ccccc1C(=O)NCC(=O)O. The summed E-state index contributed by atoms with van der Waals surface area (Å²) in [7, 11) is 1.55. The number of aliphatic carboxylic acids is 1. The first kappa shape index (κ1) is 14.0. The molecule has 1 aromatic rings. The lowest BCUT2D eigenvalue weighted by Gasteiger charge is -2.10. The molecular formula is C12H15NO5. The van der Waals surface area contributed by atoms with Crippen LogP contribution in [0.2, 0.25) is 0 Å². The molecule has 0 aliphatic carbocycles. The van der Waals surface area contributed by atoms with Crippen LogP contribution < -0.4 is 10.1 Å². The van der Waals surface area contributed by atoms with E-state index in [4.69, 9.17) is 14.6 Å². The number of carboxylic acid groups (broad SMARTS) is 1. The Morgan fingerprint density at radius 2 is 2.00 bits per heavy atom. The standard InChI is InChI=1S/C12H15NO5/c1-17-6-7-18-10-5-3-2-4-9(10)12(16)13-8-11(14)15/h2-5H,6-8H2,1H3,(H,13,16)(H,14,15). The first-order chi connectivity index (χ1) is 8.65. The van der Waals surface area contributed by atoms with Gasteiger partial charge in [-0.3, -0.25) is 9.59 Å². The summed E-state index contributed by atoms with van der Waals surface area (Å²) in [5.74, 6) is -1.18. The van der Waals surface area contributed by atoms with Crippen molar-refractivity contribution in [1.82, 2.24) is 5.32 Å². The van der Waals surface area contributed by atoms with Gasteiger partial charge in [-0.05, 0) is 12.1 Å². The molecule has 0 unspecified atom stereocenters. The fourth-order valence-electron chi connectivity index (χ4n) is 1.27. The monoisotopic (exact) mass is 253 g/mol. The van der Waals surface area contributed by atoms with Gasteiger partial charge < -0.3 is 19.9 Å². The van der Waals surface area contributed by atoms with Gasteiger partial charge in [-0.1, -0.05) is 12.1 Å². The minimum atomic E-state index is -1.10. The third-order valence-corrected chi connectivity index (χ3v) is 2.08. The Bertz CT molecular complexity index is 419. The van der Waals surface area contributed by atoms with E-state index < -0.39 is 18.4 Å². The minimum absolute atomic E-state index is 0.301. The lowest BCUT2D eigenvalue weighted by molar-refractivity contribution is -0.135. The van der Waals surface area contributed by atoms with Crippen LogP contribution in [0.25, 0.3) is 0 Å². The van der Waals surface area contributed by atoms with Crippen molar-refractivity contribution in [3.05, 3.63) is 29.8 Å². The largest absolute Gasteiger partial charge is 0.490 e. The van der Waals surface area contributed by atoms with Gasteiger partial charge in [0.2, 0.25) is 0 Å². The summed E-state index contributed by atoms with van der Waals surface area (Å²) < 4.78 is 10.2. The van der Waals surface area contributed by atoms with Gasteiger partial charge in [0.15, 0.2) is 0 Å². The molecule has 18 heavy (non-hydrogen) atoms. The Labute approximate surface area is 105 Å². The zero-order chi connectivity index (χ0) is 13.4. The van der Waals surface area contributed by atoms with Crippen LogP contribution in [0, 0.1) is 0 Å². The van der Waals surface area contributed by atoms with Crippen LogP contribution >= 0.6 is 0 Å². The summed E-state index contributed by atoms with van der Waals surface area (Å²) in [6, 6.07) is 6.62. The number of hydrogen-bond donors (Lipinski definition) is 2. The van der Waals surface area contributed by atoms with Crippen molar-refractivity contribution >= 4 is 11.9 Å². The number of para-hydroxylation sites is 1. The van der Waals surface area contributed by atoms with Crippen molar-refractivity contribution in [3.8, 4) is 5.75 Å². The molecule has 0 spiro atoms. The van der Waals surface area contributed by atoms with Crippen LogP contribution in [0.3, 0.4) is 0 Å². The van der Waals surface area contributed by atoms with Gasteiger partial charge in [0.1, 0.15) is 18.9 Å². The second kappa shape index (κ2) is 7.29. The summed E-state index contributed by atoms with van der Waals surface area (Å²) in [6.07, 6.45) is 0. The van der Waals surface area contributed by atoms with E-state index in [2.05, 4.69) is 5.32 Å². The van der Waals surface area contributed by atoms with Crippen molar-refractivity contribution in [1.29, 1.82) is 0 Å². The molecule has 0 radical (unpaired) electrons. The molecule has 6 heteroatoms. The average molecular weight is 253 g/mol. The number of benzene rings is 1. The number of amides is 1. The highest BCUT2D eigenvalue weighted by molar-refractivity contribution is 5.98. The van der Waals surface area contributed by atoms with Crippen LogP contribution in [0.4, 0.5) is 0 Å². The van der Waals surface area contributed by atoms with Gasteiger partial charge in [-0.2, -0.15) is 0 Å². The van der Waals surface area contributed by atoms with Crippen molar-refractivity contribution in [2.45, 2.75) is 0 Å². The number of carbonyl (C=O) groups is 2. The van der Waals surface area contributed by atoms with Crippen LogP contribution in [-0.2, 0) is 9.53 Å². The molecule has 0 fully saturated rings. The maximum atomic E-state index is 11.7. The van der Waals surface area contributed by atoms with Gasteiger partial charge >= 0.3 is 5.97 Å². The third-order valence-electron chi connectivity index (χ3n) is 2.08. The smallest absolute Gasteiger partial charge is 0.322 e. The number of nitrogens with one attached hydrogen (secondary N) is 1. The highest BCUT2D eigenvalue weighted by Gasteiger charge is 2.12. The van der Waals surface area contributed by atoms with Crippen LogP contribution in [-0.4, -0.2) is 43.9 Å². The molecule has 0 heterocycles. The molecule has 2 N–H and O–H groups in total. The fraction of sp³-hybridized carbons (Fsp3) is 0.333. The van der Waals surface area contributed by atoms with Crippen LogP contribution in [0.5, 0.6) is 5.75 Å². The van der Waals surface area contributed by atoms with Gasteiger partial charge in [0.25, 0.3) is 5.91 Å². The second-order valence-electron chi connectivity index (χ2n) is 3.41. The Hall–Kier alpha value is -2.08. The van der Waals surface area contributed by atoms with Gasteiger partial charge in [0, 0.05) is 7.11 Å². The number of rotatable bonds is 7. The normalized spacial score (nSPS) is 9.83. The van der Waals surface area contributed by atoms with Crippen molar-refractivity contribution in [2.24, 2.45) is 0 Å². The van der Waals surface area contributed by atoms with E-state index in [0.29, 0.717) is 24.5 Å². The van der Waals surface area contributed by atoms with Crippen molar-refractivity contribution < 1.29 is 24.2 Å². The maximum absolute atomic E-state index is 11.7. The first-order valence-corrected chi connectivity index (χ1v) is 5.36. The Balaban J connectivity index is 2.68. The predicted octanol–water partition coefficient (Wildman–Crippen LogP) is 0.526. The van der Waals surface area contributed by atoms with Crippen LogP contribution in [0.1, 0.15) is 10.4 Å². The van der Waals surface area contributed by atoms with Crippen LogP contribution in [0.15, 0.2) is 24.3 Å². The number of hydrogen-bond acceptors (Lipinski definition) is 4.